The highest BCUT2D eigenvalue weighted by Crippen LogP contribution is 2.23. The molecule has 0 aliphatic heterocycles. The molecule has 4 nitrogen and oxygen atoms in total. The van der Waals surface area contributed by atoms with E-state index in [1.165, 1.54) is 0 Å². The highest BCUT2D eigenvalue weighted by molar-refractivity contribution is 6.30. The summed E-state index contributed by atoms with van der Waals surface area (Å²) in [6.45, 7) is 1.92. The molecule has 1 aromatic heterocycles. The first-order valence-electron chi connectivity index (χ1n) is 7.65. The van der Waals surface area contributed by atoms with Crippen molar-refractivity contribution in [2.24, 2.45) is 7.05 Å². The summed E-state index contributed by atoms with van der Waals surface area (Å²) in [7, 11) is 1.91. The number of hydrogen-bond donors (Lipinski definition) is 1. The molecule has 0 saturated heterocycles. The first-order valence-corrected chi connectivity index (χ1v) is 8.03. The third kappa shape index (κ3) is 3.34. The van der Waals surface area contributed by atoms with Crippen molar-refractivity contribution in [1.29, 1.82) is 0 Å². The quantitative estimate of drug-likeness (QED) is 0.783. The van der Waals surface area contributed by atoms with Gasteiger partial charge in [-0.2, -0.15) is 0 Å². The number of imidazole rings is 1. The van der Waals surface area contributed by atoms with Crippen LogP contribution >= 0.6 is 11.6 Å². The van der Waals surface area contributed by atoms with Crippen LogP contribution < -0.4 is 5.32 Å². The normalized spacial score (nSPS) is 12.0. The summed E-state index contributed by atoms with van der Waals surface area (Å²) < 4.78 is 1.90. The van der Waals surface area contributed by atoms with Crippen molar-refractivity contribution in [3.8, 4) is 0 Å². The molecule has 0 bridgehead atoms. The highest BCUT2D eigenvalue weighted by atomic mass is 35.5. The zero-order valence-electron chi connectivity index (χ0n) is 13.5. The van der Waals surface area contributed by atoms with Gasteiger partial charge in [0.1, 0.15) is 11.9 Å². The molecule has 3 rings (SSSR count). The molecule has 0 unspecified atom stereocenters. The van der Waals surface area contributed by atoms with Crippen LogP contribution in [-0.2, 0) is 7.05 Å². The lowest BCUT2D eigenvalue weighted by Crippen LogP contribution is -2.31. The van der Waals surface area contributed by atoms with Crippen molar-refractivity contribution in [3.63, 3.8) is 0 Å². The lowest BCUT2D eigenvalue weighted by Gasteiger charge is -2.20. The lowest BCUT2D eigenvalue weighted by atomic mass is 10.0. The van der Waals surface area contributed by atoms with Gasteiger partial charge in [-0.3, -0.25) is 4.79 Å². The van der Waals surface area contributed by atoms with E-state index in [-0.39, 0.29) is 11.9 Å². The first kappa shape index (κ1) is 16.3. The maximum Gasteiger partial charge on any atom is 0.252 e. The number of halogens is 1. The molecule has 0 saturated carbocycles. The van der Waals surface area contributed by atoms with Gasteiger partial charge in [0.05, 0.1) is 0 Å². The van der Waals surface area contributed by atoms with Gasteiger partial charge < -0.3 is 9.88 Å². The van der Waals surface area contributed by atoms with Crippen LogP contribution in [0, 0.1) is 6.92 Å². The van der Waals surface area contributed by atoms with Crippen molar-refractivity contribution in [2.45, 2.75) is 13.0 Å². The molecule has 0 fully saturated rings. The summed E-state index contributed by atoms with van der Waals surface area (Å²) in [6, 6.07) is 14.6. The zero-order chi connectivity index (χ0) is 17.1. The van der Waals surface area contributed by atoms with E-state index >= 15 is 0 Å². The van der Waals surface area contributed by atoms with Crippen molar-refractivity contribution < 1.29 is 4.79 Å². The Morgan fingerprint density at radius 3 is 2.50 bits per heavy atom. The summed E-state index contributed by atoms with van der Waals surface area (Å²) in [5.74, 6) is 0.635. The number of nitrogens with one attached hydrogen (secondary N) is 1. The number of carbonyl (C=O) groups is 1. The number of benzene rings is 2. The fourth-order valence-electron chi connectivity index (χ4n) is 2.64. The molecule has 0 aliphatic carbocycles. The summed E-state index contributed by atoms with van der Waals surface area (Å²) in [4.78, 5) is 17.1. The molecule has 5 heteroatoms. The number of amides is 1. The second-order valence-corrected chi connectivity index (χ2v) is 6.11. The summed E-state index contributed by atoms with van der Waals surface area (Å²) in [5.41, 5.74) is 2.52. The fourth-order valence-corrected chi connectivity index (χ4v) is 2.77. The van der Waals surface area contributed by atoms with Crippen LogP contribution in [0.2, 0.25) is 5.02 Å². The minimum atomic E-state index is -0.352. The molecule has 0 aliphatic rings. The zero-order valence-corrected chi connectivity index (χ0v) is 14.3. The maximum atomic E-state index is 12.7. The van der Waals surface area contributed by atoms with Gasteiger partial charge in [0.15, 0.2) is 0 Å². The molecule has 0 radical (unpaired) electrons. The largest absolute Gasteiger partial charge is 0.338 e. The molecule has 1 heterocycles. The van der Waals surface area contributed by atoms with Gasteiger partial charge in [0.25, 0.3) is 5.91 Å². The van der Waals surface area contributed by atoms with Crippen LogP contribution in [0.15, 0.2) is 60.9 Å². The number of hydrogen-bond acceptors (Lipinski definition) is 2. The van der Waals surface area contributed by atoms with Crippen LogP contribution in [0.5, 0.6) is 0 Å². The van der Waals surface area contributed by atoms with E-state index in [1.54, 1.807) is 6.20 Å². The maximum absolute atomic E-state index is 12.7. The molecule has 2 aromatic carbocycles. The molecule has 3 aromatic rings. The number of carbonyl (C=O) groups excluding carboxylic acids is 1. The number of rotatable bonds is 4. The highest BCUT2D eigenvalue weighted by Gasteiger charge is 2.22. The number of nitrogens with zero attached hydrogens (tertiary/aromatic N) is 2. The second kappa shape index (κ2) is 6.89. The minimum Gasteiger partial charge on any atom is -0.338 e. The van der Waals surface area contributed by atoms with Crippen LogP contribution in [0.1, 0.15) is 33.4 Å². The van der Waals surface area contributed by atoms with Crippen molar-refractivity contribution in [3.05, 3.63) is 88.5 Å². The van der Waals surface area contributed by atoms with Crippen LogP contribution in [0.4, 0.5) is 0 Å². The monoisotopic (exact) mass is 339 g/mol. The minimum absolute atomic E-state index is 0.129. The Labute approximate surface area is 146 Å². The molecule has 24 heavy (non-hydrogen) atoms. The van der Waals surface area contributed by atoms with E-state index in [0.29, 0.717) is 10.6 Å². The van der Waals surface area contributed by atoms with Crippen molar-refractivity contribution >= 4 is 17.5 Å². The average Bonchev–Trinajstić information content (AvgIpc) is 2.99. The standard InChI is InChI=1S/C19H18ClN3O/c1-13-5-3-4-6-16(13)19(24)22-17(18-21-11-12-23(18)2)14-7-9-15(20)10-8-14/h3-12,17H,1-2H3,(H,22,24)/t17-/m0/s1. The third-order valence-corrected chi connectivity index (χ3v) is 4.24. The van der Waals surface area contributed by atoms with Crippen molar-refractivity contribution in [2.75, 3.05) is 0 Å². The molecule has 0 spiro atoms. The van der Waals surface area contributed by atoms with Gasteiger partial charge in [-0.25, -0.2) is 4.98 Å². The van der Waals surface area contributed by atoms with Gasteiger partial charge in [-0.05, 0) is 36.2 Å². The number of aryl methyl sites for hydroxylation is 2. The van der Waals surface area contributed by atoms with Crippen LogP contribution in [-0.4, -0.2) is 15.5 Å². The molecule has 122 valence electrons. The third-order valence-electron chi connectivity index (χ3n) is 3.99. The van der Waals surface area contributed by atoms with E-state index in [1.807, 2.05) is 73.3 Å². The average molecular weight is 340 g/mol. The van der Waals surface area contributed by atoms with Gasteiger partial charge in [0.2, 0.25) is 0 Å². The molecule has 1 amide bonds. The van der Waals surface area contributed by atoms with E-state index < -0.39 is 0 Å². The van der Waals surface area contributed by atoms with Crippen molar-refractivity contribution in [1.82, 2.24) is 14.9 Å². The summed E-state index contributed by atoms with van der Waals surface area (Å²) in [6.07, 6.45) is 3.58. The Morgan fingerprint density at radius 2 is 1.88 bits per heavy atom. The summed E-state index contributed by atoms with van der Waals surface area (Å²) in [5, 5.41) is 3.74. The molecule has 1 atom stereocenters. The van der Waals surface area contributed by atoms with Crippen LogP contribution in [0.25, 0.3) is 0 Å². The summed E-state index contributed by atoms with van der Waals surface area (Å²) >= 11 is 5.99. The number of aromatic nitrogens is 2. The van der Waals surface area contributed by atoms with Gasteiger partial charge in [-0.15, -0.1) is 0 Å². The smallest absolute Gasteiger partial charge is 0.252 e. The van der Waals surface area contributed by atoms with Gasteiger partial charge in [-0.1, -0.05) is 41.9 Å². The first-order chi connectivity index (χ1) is 11.6. The Kier molecular flexibility index (Phi) is 4.67. The Bertz CT molecular complexity index is 855. The predicted octanol–water partition coefficient (Wildman–Crippen LogP) is 3.90. The topological polar surface area (TPSA) is 46.9 Å². The molecule has 1 N–H and O–H groups in total. The van der Waals surface area contributed by atoms with E-state index in [2.05, 4.69) is 10.3 Å². The fraction of sp³-hybridized carbons (Fsp3) is 0.158. The van der Waals surface area contributed by atoms with E-state index in [0.717, 1.165) is 17.0 Å². The predicted molar refractivity (Wildman–Crippen MR) is 95.1 cm³/mol. The van der Waals surface area contributed by atoms with E-state index in [9.17, 15) is 4.79 Å². The van der Waals surface area contributed by atoms with Gasteiger partial charge >= 0.3 is 0 Å². The Hall–Kier alpha value is -2.59. The molecular weight excluding hydrogens is 322 g/mol. The molecular formula is C19H18ClN3O. The van der Waals surface area contributed by atoms with Crippen LogP contribution in [0.3, 0.4) is 0 Å². The SMILES string of the molecule is Cc1ccccc1C(=O)N[C@@H](c1ccc(Cl)cc1)c1nccn1C. The van der Waals surface area contributed by atoms with Gasteiger partial charge in [0, 0.05) is 30.0 Å². The lowest BCUT2D eigenvalue weighted by molar-refractivity contribution is 0.0940. The Morgan fingerprint density at radius 1 is 1.17 bits per heavy atom. The van der Waals surface area contributed by atoms with E-state index in [4.69, 9.17) is 11.6 Å². The second-order valence-electron chi connectivity index (χ2n) is 5.67. The Balaban J connectivity index is 1.97.